The molecule has 6 nitrogen and oxygen atoms in total. The highest BCUT2D eigenvalue weighted by Gasteiger charge is 2.15. The maximum atomic E-state index is 12.3. The molecular formula is C17H17ClN2O4. The second-order valence-electron chi connectivity index (χ2n) is 5.20. The van der Waals surface area contributed by atoms with Gasteiger partial charge in [0, 0.05) is 17.8 Å². The SMILES string of the molecule is CCCOc1ccc(NC(=O)c2ccc([N+](=O)[O-])cc2Cl)c(C)c1. The molecule has 0 saturated carbocycles. The van der Waals surface area contributed by atoms with Gasteiger partial charge in [-0.25, -0.2) is 0 Å². The van der Waals surface area contributed by atoms with Gasteiger partial charge in [-0.05, 0) is 43.2 Å². The minimum absolute atomic E-state index is 0.0299. The molecule has 0 spiro atoms. The number of nitrogens with one attached hydrogen (secondary N) is 1. The Morgan fingerprint density at radius 2 is 2.04 bits per heavy atom. The van der Waals surface area contributed by atoms with Gasteiger partial charge in [-0.1, -0.05) is 18.5 Å². The lowest BCUT2D eigenvalue weighted by atomic mass is 10.1. The third-order valence-corrected chi connectivity index (χ3v) is 3.64. The zero-order chi connectivity index (χ0) is 17.7. The first-order valence-electron chi connectivity index (χ1n) is 7.41. The monoisotopic (exact) mass is 348 g/mol. The predicted molar refractivity (Wildman–Crippen MR) is 93.0 cm³/mol. The summed E-state index contributed by atoms with van der Waals surface area (Å²) in [7, 11) is 0. The summed E-state index contributed by atoms with van der Waals surface area (Å²) >= 11 is 5.97. The van der Waals surface area contributed by atoms with E-state index in [-0.39, 0.29) is 16.3 Å². The van der Waals surface area contributed by atoms with Crippen LogP contribution in [0.15, 0.2) is 36.4 Å². The summed E-state index contributed by atoms with van der Waals surface area (Å²) in [6, 6.07) is 9.10. The molecule has 2 rings (SSSR count). The summed E-state index contributed by atoms with van der Waals surface area (Å²) in [4.78, 5) is 22.5. The van der Waals surface area contributed by atoms with E-state index in [0.29, 0.717) is 12.3 Å². The number of ether oxygens (including phenoxy) is 1. The molecule has 0 aliphatic carbocycles. The molecule has 0 aliphatic rings. The highest BCUT2D eigenvalue weighted by atomic mass is 35.5. The quantitative estimate of drug-likeness (QED) is 0.611. The Morgan fingerprint density at radius 1 is 1.29 bits per heavy atom. The number of rotatable bonds is 6. The predicted octanol–water partition coefficient (Wildman–Crippen LogP) is 4.60. The van der Waals surface area contributed by atoms with E-state index in [1.165, 1.54) is 12.1 Å². The van der Waals surface area contributed by atoms with Crippen LogP contribution in [0.4, 0.5) is 11.4 Å². The van der Waals surface area contributed by atoms with Crippen LogP contribution in [-0.2, 0) is 0 Å². The Kier molecular flexibility index (Phi) is 5.76. The zero-order valence-corrected chi connectivity index (χ0v) is 14.1. The lowest BCUT2D eigenvalue weighted by molar-refractivity contribution is -0.384. The van der Waals surface area contributed by atoms with Crippen molar-refractivity contribution in [1.82, 2.24) is 0 Å². The fraction of sp³-hybridized carbons (Fsp3) is 0.235. The summed E-state index contributed by atoms with van der Waals surface area (Å²) in [5.41, 5.74) is 1.48. The first-order valence-corrected chi connectivity index (χ1v) is 7.79. The van der Waals surface area contributed by atoms with Gasteiger partial charge in [0.25, 0.3) is 11.6 Å². The minimum Gasteiger partial charge on any atom is -0.494 e. The zero-order valence-electron chi connectivity index (χ0n) is 13.3. The number of carbonyl (C=O) groups is 1. The number of benzene rings is 2. The van der Waals surface area contributed by atoms with E-state index >= 15 is 0 Å². The third kappa shape index (κ3) is 4.23. The standard InChI is InChI=1S/C17H17ClN2O4/c1-3-8-24-13-5-7-16(11(2)9-13)19-17(21)14-6-4-12(20(22)23)10-15(14)18/h4-7,9-10H,3,8H2,1-2H3,(H,19,21). The van der Waals surface area contributed by atoms with Crippen LogP contribution < -0.4 is 10.1 Å². The van der Waals surface area contributed by atoms with Crippen molar-refractivity contribution in [1.29, 1.82) is 0 Å². The van der Waals surface area contributed by atoms with E-state index < -0.39 is 10.8 Å². The van der Waals surface area contributed by atoms with Gasteiger partial charge in [-0.2, -0.15) is 0 Å². The first kappa shape index (κ1) is 17.7. The largest absolute Gasteiger partial charge is 0.494 e. The lowest BCUT2D eigenvalue weighted by Gasteiger charge is -2.11. The second-order valence-corrected chi connectivity index (χ2v) is 5.61. The van der Waals surface area contributed by atoms with Gasteiger partial charge in [0.2, 0.25) is 0 Å². The molecule has 1 N–H and O–H groups in total. The van der Waals surface area contributed by atoms with E-state index in [4.69, 9.17) is 16.3 Å². The maximum Gasteiger partial charge on any atom is 0.270 e. The summed E-state index contributed by atoms with van der Waals surface area (Å²) in [5, 5.41) is 13.5. The molecule has 0 radical (unpaired) electrons. The Labute approximate surface area is 144 Å². The van der Waals surface area contributed by atoms with Crippen molar-refractivity contribution in [2.24, 2.45) is 0 Å². The molecule has 7 heteroatoms. The average Bonchev–Trinajstić information content (AvgIpc) is 2.54. The van der Waals surface area contributed by atoms with Crippen LogP contribution in [0, 0.1) is 17.0 Å². The van der Waals surface area contributed by atoms with Gasteiger partial charge in [0.05, 0.1) is 22.1 Å². The molecular weight excluding hydrogens is 332 g/mol. The molecule has 2 aromatic carbocycles. The summed E-state index contributed by atoms with van der Waals surface area (Å²) in [6.45, 7) is 4.50. The van der Waals surface area contributed by atoms with Crippen molar-refractivity contribution in [3.8, 4) is 5.75 Å². The topological polar surface area (TPSA) is 81.5 Å². The molecule has 0 atom stereocenters. The van der Waals surface area contributed by atoms with Gasteiger partial charge < -0.3 is 10.1 Å². The molecule has 2 aromatic rings. The Hall–Kier alpha value is -2.60. The average molecular weight is 349 g/mol. The van der Waals surface area contributed by atoms with Crippen LogP contribution in [0.2, 0.25) is 5.02 Å². The number of amides is 1. The van der Waals surface area contributed by atoms with Crippen LogP contribution in [0.1, 0.15) is 29.3 Å². The normalized spacial score (nSPS) is 10.3. The summed E-state index contributed by atoms with van der Waals surface area (Å²) in [5.74, 6) is 0.306. The molecule has 0 bridgehead atoms. The smallest absolute Gasteiger partial charge is 0.270 e. The molecule has 0 aromatic heterocycles. The number of aryl methyl sites for hydroxylation is 1. The Balaban J connectivity index is 2.16. The van der Waals surface area contributed by atoms with Crippen molar-refractivity contribution in [2.75, 3.05) is 11.9 Å². The van der Waals surface area contributed by atoms with Crippen LogP contribution in [0.25, 0.3) is 0 Å². The van der Waals surface area contributed by atoms with E-state index in [0.717, 1.165) is 23.8 Å². The number of hydrogen-bond donors (Lipinski definition) is 1. The van der Waals surface area contributed by atoms with Crippen molar-refractivity contribution in [2.45, 2.75) is 20.3 Å². The number of nitro benzene ring substituents is 1. The van der Waals surface area contributed by atoms with E-state index in [1.807, 2.05) is 19.9 Å². The van der Waals surface area contributed by atoms with Crippen LogP contribution >= 0.6 is 11.6 Å². The highest BCUT2D eigenvalue weighted by Crippen LogP contribution is 2.25. The van der Waals surface area contributed by atoms with Gasteiger partial charge in [-0.15, -0.1) is 0 Å². The van der Waals surface area contributed by atoms with Crippen LogP contribution in [-0.4, -0.2) is 17.4 Å². The van der Waals surface area contributed by atoms with Crippen molar-refractivity contribution >= 4 is 28.9 Å². The molecule has 0 unspecified atom stereocenters. The number of nitrogens with zero attached hydrogens (tertiary/aromatic N) is 1. The number of non-ortho nitro benzene ring substituents is 1. The van der Waals surface area contributed by atoms with Crippen LogP contribution in [0.3, 0.4) is 0 Å². The lowest BCUT2D eigenvalue weighted by Crippen LogP contribution is -2.13. The number of halogens is 1. The Bertz CT molecular complexity index is 777. The number of hydrogen-bond acceptors (Lipinski definition) is 4. The summed E-state index contributed by atoms with van der Waals surface area (Å²) in [6.07, 6.45) is 0.913. The fourth-order valence-electron chi connectivity index (χ4n) is 2.08. The van der Waals surface area contributed by atoms with Gasteiger partial charge in [0.1, 0.15) is 5.75 Å². The maximum absolute atomic E-state index is 12.3. The molecule has 0 saturated heterocycles. The second kappa shape index (κ2) is 7.79. The Morgan fingerprint density at radius 3 is 2.62 bits per heavy atom. The molecule has 1 amide bonds. The number of nitro groups is 1. The first-order chi connectivity index (χ1) is 11.4. The molecule has 126 valence electrons. The van der Waals surface area contributed by atoms with Crippen LogP contribution in [0.5, 0.6) is 5.75 Å². The third-order valence-electron chi connectivity index (χ3n) is 3.33. The minimum atomic E-state index is -0.563. The van der Waals surface area contributed by atoms with E-state index in [2.05, 4.69) is 5.32 Å². The fourth-order valence-corrected chi connectivity index (χ4v) is 2.34. The molecule has 0 heterocycles. The number of anilines is 1. The van der Waals surface area contributed by atoms with Gasteiger partial charge in [0.15, 0.2) is 0 Å². The van der Waals surface area contributed by atoms with Crippen molar-refractivity contribution < 1.29 is 14.5 Å². The molecule has 0 aliphatic heterocycles. The van der Waals surface area contributed by atoms with Crippen molar-refractivity contribution in [3.05, 3.63) is 62.7 Å². The van der Waals surface area contributed by atoms with E-state index in [9.17, 15) is 14.9 Å². The molecule has 0 fully saturated rings. The molecule has 24 heavy (non-hydrogen) atoms. The van der Waals surface area contributed by atoms with Gasteiger partial charge in [-0.3, -0.25) is 14.9 Å². The van der Waals surface area contributed by atoms with Gasteiger partial charge >= 0.3 is 0 Å². The number of carbonyl (C=O) groups excluding carboxylic acids is 1. The van der Waals surface area contributed by atoms with Crippen molar-refractivity contribution in [3.63, 3.8) is 0 Å². The van der Waals surface area contributed by atoms with E-state index in [1.54, 1.807) is 12.1 Å². The summed E-state index contributed by atoms with van der Waals surface area (Å²) < 4.78 is 5.54. The highest BCUT2D eigenvalue weighted by molar-refractivity contribution is 6.34.